The maximum atomic E-state index is 8.53. The molecule has 2 nitrogen and oxygen atoms in total. The van der Waals surface area contributed by atoms with Crippen molar-refractivity contribution in [1.29, 1.82) is 5.26 Å². The zero-order chi connectivity index (χ0) is 11.3. The van der Waals surface area contributed by atoms with Gasteiger partial charge in [0.1, 0.15) is 0 Å². The Bertz CT molecular complexity index is 368. The predicted octanol–water partition coefficient (Wildman–Crippen LogP) is 3.24. The van der Waals surface area contributed by atoms with Crippen molar-refractivity contribution in [2.24, 2.45) is 0 Å². The van der Waals surface area contributed by atoms with Crippen LogP contribution >= 0.6 is 15.9 Å². The van der Waals surface area contributed by atoms with Gasteiger partial charge in [-0.25, -0.2) is 0 Å². The molecule has 0 N–H and O–H groups in total. The Morgan fingerprint density at radius 1 is 1.47 bits per heavy atom. The van der Waals surface area contributed by atoms with Crippen molar-refractivity contribution in [2.75, 3.05) is 18.5 Å². The summed E-state index contributed by atoms with van der Waals surface area (Å²) in [7, 11) is 2.02. The Kier molecular flexibility index (Phi) is 4.64. The van der Waals surface area contributed by atoms with E-state index in [2.05, 4.69) is 52.0 Å². The first-order valence-electron chi connectivity index (χ1n) is 4.92. The molecule has 0 spiro atoms. The molecule has 1 aromatic rings. The molecule has 0 amide bonds. The van der Waals surface area contributed by atoms with Gasteiger partial charge in [0.05, 0.1) is 12.5 Å². The summed E-state index contributed by atoms with van der Waals surface area (Å²) in [5.41, 5.74) is 3.74. The van der Waals surface area contributed by atoms with Crippen LogP contribution in [0.3, 0.4) is 0 Å². The summed E-state index contributed by atoms with van der Waals surface area (Å²) >= 11 is 3.44. The molecule has 0 unspecified atom stereocenters. The second-order valence-electron chi connectivity index (χ2n) is 3.58. The predicted molar refractivity (Wildman–Crippen MR) is 67.3 cm³/mol. The van der Waals surface area contributed by atoms with Crippen molar-refractivity contribution in [1.82, 2.24) is 0 Å². The summed E-state index contributed by atoms with van der Waals surface area (Å²) in [5.74, 6) is 0. The van der Waals surface area contributed by atoms with Gasteiger partial charge in [0, 0.05) is 24.6 Å². The van der Waals surface area contributed by atoms with Crippen molar-refractivity contribution in [3.63, 3.8) is 0 Å². The molecule has 0 aliphatic rings. The van der Waals surface area contributed by atoms with Gasteiger partial charge < -0.3 is 4.90 Å². The summed E-state index contributed by atoms with van der Waals surface area (Å²) in [5, 5.41) is 9.42. The fraction of sp³-hybridized carbons (Fsp3) is 0.417. The minimum atomic E-state index is 0.566. The van der Waals surface area contributed by atoms with Crippen molar-refractivity contribution in [2.45, 2.75) is 18.7 Å². The highest BCUT2D eigenvalue weighted by atomic mass is 79.9. The fourth-order valence-corrected chi connectivity index (χ4v) is 1.92. The third-order valence-corrected chi connectivity index (χ3v) is 3.03. The van der Waals surface area contributed by atoms with Gasteiger partial charge in [-0.05, 0) is 24.1 Å². The van der Waals surface area contributed by atoms with E-state index in [0.717, 1.165) is 11.9 Å². The van der Waals surface area contributed by atoms with E-state index in [1.807, 2.05) is 7.05 Å². The molecule has 15 heavy (non-hydrogen) atoms. The summed E-state index contributed by atoms with van der Waals surface area (Å²) in [6, 6.07) is 8.56. The molecular weight excluding hydrogens is 252 g/mol. The largest absolute Gasteiger partial charge is 0.373 e. The van der Waals surface area contributed by atoms with E-state index in [-0.39, 0.29) is 0 Å². The molecule has 0 aromatic heterocycles. The monoisotopic (exact) mass is 266 g/mol. The van der Waals surface area contributed by atoms with Gasteiger partial charge >= 0.3 is 0 Å². The minimum absolute atomic E-state index is 0.566. The van der Waals surface area contributed by atoms with E-state index in [0.29, 0.717) is 6.42 Å². The maximum absolute atomic E-state index is 8.53. The van der Waals surface area contributed by atoms with Crippen molar-refractivity contribution < 1.29 is 0 Å². The highest BCUT2D eigenvalue weighted by Gasteiger charge is 2.04. The number of alkyl halides is 1. The fourth-order valence-electron chi connectivity index (χ4n) is 1.57. The molecule has 1 rings (SSSR count). The van der Waals surface area contributed by atoms with Crippen molar-refractivity contribution >= 4 is 21.6 Å². The molecule has 0 saturated heterocycles. The van der Waals surface area contributed by atoms with Gasteiger partial charge in [-0.1, -0.05) is 28.1 Å². The first-order valence-corrected chi connectivity index (χ1v) is 6.04. The first-order chi connectivity index (χ1) is 7.19. The number of aryl methyl sites for hydroxylation is 1. The third-order valence-electron chi connectivity index (χ3n) is 2.39. The van der Waals surface area contributed by atoms with Gasteiger partial charge in [-0.15, -0.1) is 0 Å². The average molecular weight is 267 g/mol. The molecule has 80 valence electrons. The standard InChI is InChI=1S/C12H15BrN2/c1-10-8-11(9-13)4-5-12(10)15(2)7-3-6-14/h4-5,8H,3,7,9H2,1-2H3. The number of benzene rings is 1. The highest BCUT2D eigenvalue weighted by Crippen LogP contribution is 2.21. The molecule has 0 fully saturated rings. The van der Waals surface area contributed by atoms with Crippen LogP contribution in [0.25, 0.3) is 0 Å². The zero-order valence-electron chi connectivity index (χ0n) is 9.13. The van der Waals surface area contributed by atoms with E-state index in [4.69, 9.17) is 5.26 Å². The SMILES string of the molecule is Cc1cc(CBr)ccc1N(C)CCC#N. The lowest BCUT2D eigenvalue weighted by molar-refractivity contribution is 0.900. The maximum Gasteiger partial charge on any atom is 0.0640 e. The molecule has 0 aliphatic heterocycles. The topological polar surface area (TPSA) is 27.0 Å². The van der Waals surface area contributed by atoms with Crippen LogP contribution in [-0.4, -0.2) is 13.6 Å². The molecule has 0 heterocycles. The Balaban J connectivity index is 2.81. The van der Waals surface area contributed by atoms with Gasteiger partial charge in [0.2, 0.25) is 0 Å². The first kappa shape index (κ1) is 12.1. The van der Waals surface area contributed by atoms with E-state index in [1.165, 1.54) is 16.8 Å². The smallest absolute Gasteiger partial charge is 0.0640 e. The minimum Gasteiger partial charge on any atom is -0.373 e. The van der Waals surface area contributed by atoms with Crippen LogP contribution in [0.1, 0.15) is 17.5 Å². The molecule has 0 radical (unpaired) electrons. The summed E-state index contributed by atoms with van der Waals surface area (Å²) in [6.07, 6.45) is 0.566. The van der Waals surface area contributed by atoms with Crippen LogP contribution in [0, 0.1) is 18.3 Å². The molecular formula is C12H15BrN2. The Morgan fingerprint density at radius 2 is 2.20 bits per heavy atom. The van der Waals surface area contributed by atoms with Crippen LogP contribution in [0.4, 0.5) is 5.69 Å². The molecule has 3 heteroatoms. The van der Waals surface area contributed by atoms with Crippen molar-refractivity contribution in [3.05, 3.63) is 29.3 Å². The highest BCUT2D eigenvalue weighted by molar-refractivity contribution is 9.08. The molecule has 0 saturated carbocycles. The second kappa shape index (κ2) is 5.77. The summed E-state index contributed by atoms with van der Waals surface area (Å²) in [4.78, 5) is 2.12. The molecule has 0 aliphatic carbocycles. The number of hydrogen-bond donors (Lipinski definition) is 0. The van der Waals surface area contributed by atoms with Crippen LogP contribution in [0.5, 0.6) is 0 Å². The Morgan fingerprint density at radius 3 is 2.73 bits per heavy atom. The van der Waals surface area contributed by atoms with E-state index >= 15 is 0 Å². The van der Waals surface area contributed by atoms with E-state index < -0.39 is 0 Å². The Labute approximate surface area is 99.6 Å². The van der Waals surface area contributed by atoms with Crippen LogP contribution in [0.2, 0.25) is 0 Å². The van der Waals surface area contributed by atoms with Crippen molar-refractivity contribution in [3.8, 4) is 6.07 Å². The van der Waals surface area contributed by atoms with E-state index in [1.54, 1.807) is 0 Å². The number of nitriles is 1. The van der Waals surface area contributed by atoms with E-state index in [9.17, 15) is 0 Å². The normalized spacial score (nSPS) is 9.73. The third kappa shape index (κ3) is 3.24. The zero-order valence-corrected chi connectivity index (χ0v) is 10.7. The van der Waals surface area contributed by atoms with Crippen LogP contribution in [0.15, 0.2) is 18.2 Å². The lowest BCUT2D eigenvalue weighted by Gasteiger charge is -2.20. The quantitative estimate of drug-likeness (QED) is 0.783. The van der Waals surface area contributed by atoms with Gasteiger partial charge in [0.25, 0.3) is 0 Å². The van der Waals surface area contributed by atoms with Gasteiger partial charge in [-0.3, -0.25) is 0 Å². The number of anilines is 1. The molecule has 0 atom stereocenters. The number of hydrogen-bond acceptors (Lipinski definition) is 2. The van der Waals surface area contributed by atoms with Crippen LogP contribution in [-0.2, 0) is 5.33 Å². The van der Waals surface area contributed by atoms with Gasteiger partial charge in [-0.2, -0.15) is 5.26 Å². The van der Waals surface area contributed by atoms with Crippen LogP contribution < -0.4 is 4.90 Å². The van der Waals surface area contributed by atoms with Gasteiger partial charge in [0.15, 0.2) is 0 Å². The lowest BCUT2D eigenvalue weighted by Crippen LogP contribution is -2.19. The Hall–Kier alpha value is -1.01. The number of nitrogens with zero attached hydrogens (tertiary/aromatic N) is 2. The molecule has 1 aromatic carbocycles. The summed E-state index contributed by atoms with van der Waals surface area (Å²) in [6.45, 7) is 2.88. The number of rotatable bonds is 4. The molecule has 0 bridgehead atoms. The average Bonchev–Trinajstić information content (AvgIpc) is 2.25. The lowest BCUT2D eigenvalue weighted by atomic mass is 10.1. The second-order valence-corrected chi connectivity index (χ2v) is 4.14. The summed E-state index contributed by atoms with van der Waals surface area (Å²) < 4.78 is 0. The number of halogens is 1.